The number of hydrogen-bond donors (Lipinski definition) is 0. The maximum absolute atomic E-state index is 6.86. The fourth-order valence-electron chi connectivity index (χ4n) is 10.9. The molecule has 0 saturated carbocycles. The minimum absolute atomic E-state index is 0. The molecule has 0 amide bonds. The zero-order valence-electron chi connectivity index (χ0n) is 45.3. The van der Waals surface area contributed by atoms with Gasteiger partial charge in [-0.15, -0.1) is 23.6 Å². The van der Waals surface area contributed by atoms with E-state index in [9.17, 15) is 0 Å². The van der Waals surface area contributed by atoms with Crippen molar-refractivity contribution in [1.82, 2.24) is 23.3 Å². The van der Waals surface area contributed by atoms with Gasteiger partial charge in [-0.2, -0.15) is 12.1 Å². The third kappa shape index (κ3) is 8.72. The monoisotopic (exact) mass is 1170 g/mol. The van der Waals surface area contributed by atoms with Crippen LogP contribution in [0.5, 0.6) is 11.5 Å². The fraction of sp³-hybridized carbons (Fsp3) is 0.217. The number of ether oxygens (including phenoxy) is 1. The molecule has 8 aromatic carbocycles. The first-order chi connectivity index (χ1) is 35.8. The Bertz CT molecular complexity index is 4080. The number of para-hydroxylation sites is 3. The molecule has 1 aliphatic rings. The van der Waals surface area contributed by atoms with Crippen molar-refractivity contribution < 1.29 is 25.8 Å². The van der Waals surface area contributed by atoms with Gasteiger partial charge in [0.15, 0.2) is 0 Å². The molecule has 378 valence electrons. The number of fused-ring (bicyclic) bond motifs is 7. The second-order valence-electron chi connectivity index (χ2n) is 23.9. The minimum Gasteiger partial charge on any atom is -0.509 e. The van der Waals surface area contributed by atoms with Gasteiger partial charge in [-0.25, -0.2) is 4.98 Å². The van der Waals surface area contributed by atoms with Crippen LogP contribution >= 0.6 is 0 Å². The second-order valence-corrected chi connectivity index (χ2v) is 23.9. The zero-order chi connectivity index (χ0) is 52.2. The van der Waals surface area contributed by atoms with E-state index in [0.29, 0.717) is 11.5 Å². The molecule has 0 radical (unpaired) electrons. The van der Waals surface area contributed by atoms with Crippen LogP contribution in [0.4, 0.5) is 22.7 Å². The summed E-state index contributed by atoms with van der Waals surface area (Å²) in [4.78, 5) is 5.01. The maximum atomic E-state index is 6.86. The summed E-state index contributed by atoms with van der Waals surface area (Å²) in [5.74, 6) is 1.97. The predicted molar refractivity (Wildman–Crippen MR) is 313 cm³/mol. The molecule has 11 aromatic rings. The van der Waals surface area contributed by atoms with Gasteiger partial charge in [0.1, 0.15) is 11.5 Å². The molecule has 0 fully saturated rings. The Labute approximate surface area is 461 Å². The molecule has 0 unspecified atom stereocenters. The molecule has 7 heteroatoms. The van der Waals surface area contributed by atoms with E-state index in [1.165, 1.54) is 49.6 Å². The van der Waals surface area contributed by atoms with E-state index in [1.807, 2.05) is 24.4 Å². The van der Waals surface area contributed by atoms with E-state index in [2.05, 4.69) is 270 Å². The van der Waals surface area contributed by atoms with Crippen molar-refractivity contribution in [2.24, 2.45) is 0 Å². The summed E-state index contributed by atoms with van der Waals surface area (Å²) in [7, 11) is 0. The molecule has 0 bridgehead atoms. The summed E-state index contributed by atoms with van der Waals surface area (Å²) in [6.07, 6.45) is 1.92. The molecule has 0 N–H and O–H groups in total. The normalized spacial score (nSPS) is 13.0. The molecule has 76 heavy (non-hydrogen) atoms. The second kappa shape index (κ2) is 18.6. The van der Waals surface area contributed by atoms with Crippen molar-refractivity contribution in [2.75, 3.05) is 0 Å². The fourth-order valence-corrected chi connectivity index (χ4v) is 10.9. The third-order valence-corrected chi connectivity index (χ3v) is 15.3. The Morgan fingerprint density at radius 2 is 1.09 bits per heavy atom. The molecule has 0 atom stereocenters. The Hall–Kier alpha value is -7.62. The third-order valence-electron chi connectivity index (χ3n) is 15.3. The Balaban J connectivity index is 0.00000616. The van der Waals surface area contributed by atoms with Gasteiger partial charge in [-0.05, 0) is 90.9 Å². The molecule has 0 spiro atoms. The van der Waals surface area contributed by atoms with Gasteiger partial charge in [0.2, 0.25) is 5.69 Å². The van der Waals surface area contributed by atoms with E-state index in [4.69, 9.17) is 9.72 Å². The smallest absolute Gasteiger partial charge is 0.509 e. The molecule has 3 aromatic heterocycles. The SMILES string of the molecule is CC(C)(C)c1cc([N+]2=C=[N+](c3[c-]c(Oc4[c-]c5c(cc4)c4cc(-n6c7ccccc7c7ccccc76)ccc4n5-c4cc(C(C)(C)C)ccn4)ccc3)c3cccc(C(C)(C)c4ccccc4)c32)cc(C(C)(C)C)c1.[Pt+2]. The first kappa shape index (κ1) is 50.5. The van der Waals surface area contributed by atoms with Crippen molar-refractivity contribution in [3.8, 4) is 23.0 Å². The topological polar surface area (TPSA) is 38.0 Å². The number of aromatic nitrogens is 3. The molecule has 0 aliphatic carbocycles. The first-order valence-electron chi connectivity index (χ1n) is 26.2. The van der Waals surface area contributed by atoms with Crippen LogP contribution in [0.15, 0.2) is 182 Å². The minimum atomic E-state index is -0.334. The van der Waals surface area contributed by atoms with Gasteiger partial charge >= 0.3 is 32.8 Å². The predicted octanol–water partition coefficient (Wildman–Crippen LogP) is 17.7. The van der Waals surface area contributed by atoms with Gasteiger partial charge in [-0.3, -0.25) is 0 Å². The Morgan fingerprint density at radius 3 is 1.76 bits per heavy atom. The molecule has 1 aliphatic heterocycles. The van der Waals surface area contributed by atoms with E-state index >= 15 is 0 Å². The van der Waals surface area contributed by atoms with Crippen LogP contribution in [0.3, 0.4) is 0 Å². The van der Waals surface area contributed by atoms with Crippen LogP contribution in [0.2, 0.25) is 0 Å². The van der Waals surface area contributed by atoms with E-state index < -0.39 is 0 Å². The van der Waals surface area contributed by atoms with Crippen molar-refractivity contribution in [2.45, 2.75) is 97.8 Å². The van der Waals surface area contributed by atoms with Crippen LogP contribution in [-0.2, 0) is 42.7 Å². The van der Waals surface area contributed by atoms with Crippen molar-refractivity contribution in [3.05, 3.63) is 222 Å². The van der Waals surface area contributed by atoms with Crippen LogP contribution in [-0.4, -0.2) is 20.1 Å². The molecule has 0 saturated heterocycles. The Kier molecular flexibility index (Phi) is 12.4. The molecule has 4 heterocycles. The van der Waals surface area contributed by atoms with Crippen LogP contribution < -0.4 is 13.9 Å². The summed E-state index contributed by atoms with van der Waals surface area (Å²) < 4.78 is 15.9. The average Bonchev–Trinajstić information content (AvgIpc) is 4.07. The number of rotatable bonds is 8. The van der Waals surface area contributed by atoms with E-state index in [0.717, 1.165) is 56.1 Å². The molecule has 12 rings (SSSR count). The van der Waals surface area contributed by atoms with Crippen LogP contribution in [0.1, 0.15) is 104 Å². The maximum Gasteiger partial charge on any atom is 2.00 e. The molecular weight excluding hydrogens is 1110 g/mol. The van der Waals surface area contributed by atoms with Gasteiger partial charge in [0.05, 0.1) is 11.0 Å². The summed E-state index contributed by atoms with van der Waals surface area (Å²) >= 11 is 0. The van der Waals surface area contributed by atoms with E-state index in [1.54, 1.807) is 0 Å². The molecular formula is C69H63N5OPt+2. The first-order valence-corrected chi connectivity index (χ1v) is 26.2. The number of benzene rings is 8. The van der Waals surface area contributed by atoms with Gasteiger partial charge in [0.25, 0.3) is 5.69 Å². The van der Waals surface area contributed by atoms with E-state index in [-0.39, 0.29) is 42.7 Å². The summed E-state index contributed by atoms with van der Waals surface area (Å²) in [5.41, 5.74) is 15.0. The van der Waals surface area contributed by atoms with Crippen LogP contribution in [0, 0.1) is 12.1 Å². The van der Waals surface area contributed by atoms with Gasteiger partial charge < -0.3 is 13.9 Å². The van der Waals surface area contributed by atoms with Gasteiger partial charge in [0, 0.05) is 68.8 Å². The standard InChI is InChI=1S/C69H63N5O.Pt/c1-66(2,3)46-35-36-70-64(40-46)74-61-34-31-50(73-59-28-17-15-25-54(59)55-26-16-18-29-60(55)73)42-57(61)56-33-32-53(43-63(56)74)75-52-24-19-23-49(41-52)71-44-72(51-38-47(67(4,5)6)37-48(39-51)68(7,8)9)65-58(27-20-30-62(65)71)69(10,11)45-21-13-12-14-22-45;/h12-40,42H,1-11H3;/q;+2. The summed E-state index contributed by atoms with van der Waals surface area (Å²) in [6.45, 7) is 25.1. The van der Waals surface area contributed by atoms with Crippen molar-refractivity contribution >= 4 is 72.4 Å². The zero-order valence-corrected chi connectivity index (χ0v) is 47.6. The van der Waals surface area contributed by atoms with Crippen molar-refractivity contribution in [3.63, 3.8) is 0 Å². The number of hydrogen-bond acceptors (Lipinski definition) is 2. The van der Waals surface area contributed by atoms with Crippen molar-refractivity contribution in [1.29, 1.82) is 0 Å². The molecule has 6 nitrogen and oxygen atoms in total. The largest absolute Gasteiger partial charge is 2.00 e. The summed E-state index contributed by atoms with van der Waals surface area (Å²) in [5, 5.41) is 4.62. The van der Waals surface area contributed by atoms with Crippen LogP contribution in [0.25, 0.3) is 55.1 Å². The number of pyridine rings is 1. The summed E-state index contributed by atoms with van der Waals surface area (Å²) in [6, 6.07) is 74.5. The van der Waals surface area contributed by atoms with Gasteiger partial charge in [-0.1, -0.05) is 183 Å². The Morgan fingerprint density at radius 1 is 0.474 bits per heavy atom. The number of nitrogens with zero attached hydrogens (tertiary/aromatic N) is 5. The quantitative estimate of drug-likeness (QED) is 0.112. The average molecular weight is 1170 g/mol.